The first-order valence-corrected chi connectivity index (χ1v) is 26.7. The average molecular weight is 952 g/mol. The van der Waals surface area contributed by atoms with E-state index in [0.717, 1.165) is 5.92 Å². The van der Waals surface area contributed by atoms with Crippen molar-refractivity contribution in [3.8, 4) is 0 Å². The van der Waals surface area contributed by atoms with Crippen LogP contribution in [0.2, 0.25) is 0 Å². The van der Waals surface area contributed by atoms with E-state index >= 15 is 0 Å². The Hall–Kier alpha value is -3.94. The summed E-state index contributed by atoms with van der Waals surface area (Å²) in [7, 11) is 3.25. The second kappa shape index (κ2) is 51.9. The SMILES string of the molecule is CC.CC(C)(C)C.CC(C)C.CCC.CCCCCCCCC.COC.Cc1cc(C)c(C)c(C)c1.Cc1cc(C)cc(C)c1.Cc1ccc(C)c(C)c1.Cc1ccc(C)cc1.Cc1ccccc1. The van der Waals surface area contributed by atoms with Gasteiger partial charge in [0.25, 0.3) is 0 Å². The molecule has 69 heavy (non-hydrogen) atoms. The zero-order chi connectivity index (χ0) is 55.0. The molecule has 5 aromatic carbocycles. The molecule has 1 heteroatoms. The van der Waals surface area contributed by atoms with E-state index in [1.165, 1.54) is 124 Å². The number of hydrogen-bond acceptors (Lipinski definition) is 1. The minimum Gasteiger partial charge on any atom is -0.388 e. The number of benzene rings is 5. The maximum absolute atomic E-state index is 4.25. The molecule has 0 saturated heterocycles. The van der Waals surface area contributed by atoms with Gasteiger partial charge in [0.05, 0.1) is 0 Å². The lowest BCUT2D eigenvalue weighted by molar-refractivity contribution is 0.277. The van der Waals surface area contributed by atoms with E-state index in [0.29, 0.717) is 5.41 Å². The molecule has 0 aliphatic carbocycles. The van der Waals surface area contributed by atoms with Crippen LogP contribution < -0.4 is 0 Å². The molecule has 5 aromatic rings. The van der Waals surface area contributed by atoms with E-state index in [4.69, 9.17) is 0 Å². The summed E-state index contributed by atoms with van der Waals surface area (Å²) < 4.78 is 4.25. The molecule has 1 nitrogen and oxygen atoms in total. The van der Waals surface area contributed by atoms with Gasteiger partial charge in [0.2, 0.25) is 0 Å². The van der Waals surface area contributed by atoms with E-state index in [-0.39, 0.29) is 0 Å². The molecule has 396 valence electrons. The van der Waals surface area contributed by atoms with Crippen LogP contribution in [0.15, 0.2) is 103 Å². The summed E-state index contributed by atoms with van der Waals surface area (Å²) >= 11 is 0. The molecular weight excluding hydrogens is 833 g/mol. The topological polar surface area (TPSA) is 9.23 Å². The Morgan fingerprint density at radius 2 is 0.609 bits per heavy atom. The van der Waals surface area contributed by atoms with Gasteiger partial charge < -0.3 is 4.74 Å². The maximum Gasteiger partial charge on any atom is 0.0351 e. The van der Waals surface area contributed by atoms with Gasteiger partial charge >= 0.3 is 0 Å². The van der Waals surface area contributed by atoms with E-state index in [1.807, 2.05) is 32.0 Å². The Kier molecular flexibility index (Phi) is 57.6. The van der Waals surface area contributed by atoms with Crippen molar-refractivity contribution in [2.75, 3.05) is 14.2 Å². The van der Waals surface area contributed by atoms with Crippen molar-refractivity contribution in [2.24, 2.45) is 11.3 Å². The summed E-state index contributed by atoms with van der Waals surface area (Å²) in [6.45, 7) is 55.7. The van der Waals surface area contributed by atoms with Crippen LogP contribution in [0.1, 0.15) is 214 Å². The van der Waals surface area contributed by atoms with Gasteiger partial charge in [-0.05, 0) is 129 Å². The highest BCUT2D eigenvalue weighted by Gasteiger charge is 1.97. The Morgan fingerprint density at radius 1 is 0.362 bits per heavy atom. The normalized spacial score (nSPS) is 9.23. The molecule has 0 amide bonds. The number of hydrogen-bond donors (Lipinski definition) is 0. The predicted molar refractivity (Wildman–Crippen MR) is 323 cm³/mol. The lowest BCUT2D eigenvalue weighted by Gasteiger charge is -2.05. The van der Waals surface area contributed by atoms with Gasteiger partial charge in [0.1, 0.15) is 0 Å². The summed E-state index contributed by atoms with van der Waals surface area (Å²) in [5.74, 6) is 0.833. The first kappa shape index (κ1) is 76.5. The quantitative estimate of drug-likeness (QED) is 0.154. The van der Waals surface area contributed by atoms with Gasteiger partial charge in [-0.2, -0.15) is 0 Å². The molecule has 0 spiro atoms. The first-order chi connectivity index (χ1) is 32.1. The van der Waals surface area contributed by atoms with E-state index in [9.17, 15) is 0 Å². The zero-order valence-electron chi connectivity index (χ0n) is 51.5. The predicted octanol–water partition coefficient (Wildman–Crippen LogP) is 22.6. The van der Waals surface area contributed by atoms with Gasteiger partial charge in [-0.3, -0.25) is 0 Å². The fourth-order valence-electron chi connectivity index (χ4n) is 5.55. The zero-order valence-corrected chi connectivity index (χ0v) is 51.5. The van der Waals surface area contributed by atoms with Gasteiger partial charge in [0, 0.05) is 14.2 Å². The van der Waals surface area contributed by atoms with E-state index in [1.54, 1.807) is 14.2 Å². The fourth-order valence-corrected chi connectivity index (χ4v) is 5.55. The minimum absolute atomic E-state index is 0.500. The molecule has 0 atom stereocenters. The second-order valence-corrected chi connectivity index (χ2v) is 20.7. The van der Waals surface area contributed by atoms with Crippen LogP contribution in [0.5, 0.6) is 0 Å². The molecule has 0 unspecified atom stereocenters. The number of aryl methyl sites for hydroxylation is 12. The lowest BCUT2D eigenvalue weighted by Crippen LogP contribution is -1.93. The summed E-state index contributed by atoms with van der Waals surface area (Å²) in [4.78, 5) is 0. The third-order valence-electron chi connectivity index (χ3n) is 8.97. The van der Waals surface area contributed by atoms with Crippen LogP contribution in [-0.2, 0) is 4.74 Å². The Bertz CT molecular complexity index is 1690. The minimum atomic E-state index is 0.500. The van der Waals surface area contributed by atoms with Crippen LogP contribution in [-0.4, -0.2) is 14.2 Å². The van der Waals surface area contributed by atoms with Crippen LogP contribution in [0.4, 0.5) is 0 Å². The number of rotatable bonds is 6. The second-order valence-electron chi connectivity index (χ2n) is 20.7. The van der Waals surface area contributed by atoms with Crippen molar-refractivity contribution in [2.45, 2.75) is 231 Å². The van der Waals surface area contributed by atoms with Crippen molar-refractivity contribution >= 4 is 0 Å². The average Bonchev–Trinajstić information content (AvgIpc) is 3.24. The molecule has 0 fully saturated rings. The molecule has 0 aromatic heterocycles. The van der Waals surface area contributed by atoms with Gasteiger partial charge in [-0.1, -0.05) is 289 Å². The van der Waals surface area contributed by atoms with Crippen LogP contribution in [0, 0.1) is 101 Å². The molecule has 0 N–H and O–H groups in total. The van der Waals surface area contributed by atoms with Crippen molar-refractivity contribution in [1.82, 2.24) is 0 Å². The summed E-state index contributed by atoms with van der Waals surface area (Å²) in [5, 5.41) is 0. The largest absolute Gasteiger partial charge is 0.388 e. The highest BCUT2D eigenvalue weighted by Crippen LogP contribution is 2.14. The Labute approximate surface area is 435 Å². The molecule has 0 aliphatic heterocycles. The lowest BCUT2D eigenvalue weighted by atomic mass is 10.0. The monoisotopic (exact) mass is 951 g/mol. The molecular formula is C68H118O. The number of methoxy groups -OCH3 is 1. The summed E-state index contributed by atoms with van der Waals surface area (Å²) in [5.41, 5.74) is 18.2. The third-order valence-corrected chi connectivity index (χ3v) is 8.97. The summed E-state index contributed by atoms with van der Waals surface area (Å²) in [6, 6.07) is 36.3. The number of ether oxygens (including phenoxy) is 1. The van der Waals surface area contributed by atoms with Crippen LogP contribution in [0.25, 0.3) is 0 Å². The summed E-state index contributed by atoms with van der Waals surface area (Å²) in [6.07, 6.45) is 11.2. The van der Waals surface area contributed by atoms with Crippen molar-refractivity contribution in [1.29, 1.82) is 0 Å². The molecule has 5 rings (SSSR count). The standard InChI is InChI=1S/C10H14.2C9H12.C9H20.C8H10.C7H8.C5H12.C4H10.C3H8.C2H6O.C2H6/c1-7-5-8(2)10(4)9(3)6-7;1-7-4-8(2)6-9(3)5-7;1-7-4-5-8(2)9(3)6-7;1-3-5-7-9-8-6-4-2;1-7-3-5-8(2)6-4-7;1-7-5-3-2-4-6-7;1-5(2,3)4;1-4(2)3;2*1-3-2;1-2/h5-6H,1-4H3;2*4-6H,1-3H3;3-9H2,1-2H3;3-6H,1-2H3;2-6H,1H3;1-4H3;4H,1-3H3;3H2,1-2H3;1-2H3;1-2H3. The molecule has 0 radical (unpaired) electrons. The third kappa shape index (κ3) is 66.2. The molecule has 0 saturated carbocycles. The fraction of sp³-hybridized carbons (Fsp3) is 0.559. The Morgan fingerprint density at radius 3 is 0.855 bits per heavy atom. The van der Waals surface area contributed by atoms with Gasteiger partial charge in [0.15, 0.2) is 0 Å². The van der Waals surface area contributed by atoms with Crippen molar-refractivity contribution < 1.29 is 4.74 Å². The van der Waals surface area contributed by atoms with E-state index < -0.39 is 0 Å². The van der Waals surface area contributed by atoms with Crippen LogP contribution >= 0.6 is 0 Å². The Balaban J connectivity index is -0.000000162. The van der Waals surface area contributed by atoms with E-state index in [2.05, 4.69) is 256 Å². The smallest absolute Gasteiger partial charge is 0.0351 e. The number of unbranched alkanes of at least 4 members (excludes halogenated alkanes) is 6. The van der Waals surface area contributed by atoms with Crippen molar-refractivity contribution in [3.05, 3.63) is 175 Å². The van der Waals surface area contributed by atoms with Gasteiger partial charge in [-0.15, -0.1) is 0 Å². The van der Waals surface area contributed by atoms with Gasteiger partial charge in [-0.25, -0.2) is 0 Å². The highest BCUT2D eigenvalue weighted by molar-refractivity contribution is 5.36. The molecule has 0 heterocycles. The molecule has 0 aliphatic rings. The highest BCUT2D eigenvalue weighted by atomic mass is 16.4. The molecule has 0 bridgehead atoms. The van der Waals surface area contributed by atoms with Crippen molar-refractivity contribution in [3.63, 3.8) is 0 Å². The van der Waals surface area contributed by atoms with Crippen LogP contribution in [0.3, 0.4) is 0 Å². The first-order valence-electron chi connectivity index (χ1n) is 26.7. The maximum atomic E-state index is 4.25.